The van der Waals surface area contributed by atoms with Crippen LogP contribution in [0.2, 0.25) is 0 Å². The molecule has 0 radical (unpaired) electrons. The third-order valence-electron chi connectivity index (χ3n) is 3.60. The van der Waals surface area contributed by atoms with Crippen molar-refractivity contribution >= 4 is 11.8 Å². The minimum absolute atomic E-state index is 0.0518. The van der Waals surface area contributed by atoms with E-state index in [1.165, 1.54) is 7.11 Å². The summed E-state index contributed by atoms with van der Waals surface area (Å²) in [5.41, 5.74) is 3.11. The number of thioether (sulfide) groups is 1. The van der Waals surface area contributed by atoms with Crippen molar-refractivity contribution in [2.45, 2.75) is 37.1 Å². The largest absolute Gasteiger partial charge is 0.496 e. The summed E-state index contributed by atoms with van der Waals surface area (Å²) in [6.45, 7) is 4.69. The van der Waals surface area contributed by atoms with Crippen molar-refractivity contribution in [2.75, 3.05) is 7.11 Å². The molecule has 0 spiro atoms. The van der Waals surface area contributed by atoms with Crippen LogP contribution in [0.25, 0.3) is 0 Å². The number of ether oxygens (including phenoxy) is 1. The number of alkyl halides is 2. The summed E-state index contributed by atoms with van der Waals surface area (Å²) in [5, 5.41) is 3.39. The maximum absolute atomic E-state index is 12.5. The summed E-state index contributed by atoms with van der Waals surface area (Å²) >= 11 is 0.493. The highest BCUT2D eigenvalue weighted by molar-refractivity contribution is 7.99. The Balaban J connectivity index is 2.07. The van der Waals surface area contributed by atoms with E-state index in [0.717, 1.165) is 16.8 Å². The van der Waals surface area contributed by atoms with Gasteiger partial charge in [0.05, 0.1) is 17.7 Å². The van der Waals surface area contributed by atoms with Crippen LogP contribution in [0.1, 0.15) is 29.8 Å². The fourth-order valence-electron chi connectivity index (χ4n) is 2.22. The SMILES string of the molecule is COc1cc([C@H](C)NCc2ncccc2C)ccc1SC(F)F. The zero-order valence-electron chi connectivity index (χ0n) is 13.3. The minimum atomic E-state index is -2.46. The molecule has 0 saturated carbocycles. The quantitative estimate of drug-likeness (QED) is 0.750. The van der Waals surface area contributed by atoms with Crippen LogP contribution < -0.4 is 10.1 Å². The van der Waals surface area contributed by atoms with Gasteiger partial charge in [0, 0.05) is 18.8 Å². The molecule has 0 saturated heterocycles. The third kappa shape index (κ3) is 4.91. The second kappa shape index (κ2) is 8.26. The van der Waals surface area contributed by atoms with Gasteiger partial charge in [0.25, 0.3) is 5.76 Å². The van der Waals surface area contributed by atoms with Crippen molar-refractivity contribution in [1.29, 1.82) is 0 Å². The van der Waals surface area contributed by atoms with Crippen LogP contribution in [-0.2, 0) is 6.54 Å². The first kappa shape index (κ1) is 17.7. The molecule has 0 bridgehead atoms. The number of hydrogen-bond donors (Lipinski definition) is 1. The lowest BCUT2D eigenvalue weighted by Gasteiger charge is -2.17. The number of rotatable bonds is 7. The Morgan fingerprint density at radius 2 is 2.09 bits per heavy atom. The van der Waals surface area contributed by atoms with E-state index in [2.05, 4.69) is 10.3 Å². The normalized spacial score (nSPS) is 12.4. The Morgan fingerprint density at radius 1 is 1.30 bits per heavy atom. The van der Waals surface area contributed by atoms with Crippen LogP contribution in [0.15, 0.2) is 41.4 Å². The third-order valence-corrected chi connectivity index (χ3v) is 4.37. The van der Waals surface area contributed by atoms with Crippen LogP contribution in [0.4, 0.5) is 8.78 Å². The molecule has 1 aromatic heterocycles. The highest BCUT2D eigenvalue weighted by Crippen LogP contribution is 2.35. The van der Waals surface area contributed by atoms with Crippen molar-refractivity contribution in [2.24, 2.45) is 0 Å². The molecule has 0 aliphatic heterocycles. The van der Waals surface area contributed by atoms with Crippen LogP contribution >= 0.6 is 11.8 Å². The molecule has 0 fully saturated rings. The van der Waals surface area contributed by atoms with Gasteiger partial charge in [0.1, 0.15) is 5.75 Å². The fourth-order valence-corrected chi connectivity index (χ4v) is 2.81. The molecule has 3 nitrogen and oxygen atoms in total. The lowest BCUT2D eigenvalue weighted by Crippen LogP contribution is -2.19. The first-order valence-electron chi connectivity index (χ1n) is 7.28. The number of aromatic nitrogens is 1. The van der Waals surface area contributed by atoms with Gasteiger partial charge >= 0.3 is 0 Å². The zero-order chi connectivity index (χ0) is 16.8. The lowest BCUT2D eigenvalue weighted by atomic mass is 10.1. The second-order valence-corrected chi connectivity index (χ2v) is 6.19. The van der Waals surface area contributed by atoms with Gasteiger partial charge in [-0.3, -0.25) is 4.98 Å². The zero-order valence-corrected chi connectivity index (χ0v) is 14.2. The summed E-state index contributed by atoms with van der Waals surface area (Å²) in [6, 6.07) is 9.30. The maximum atomic E-state index is 12.5. The molecule has 0 amide bonds. The number of halogens is 2. The van der Waals surface area contributed by atoms with Crippen LogP contribution in [0.3, 0.4) is 0 Å². The van der Waals surface area contributed by atoms with Crippen molar-refractivity contribution in [3.05, 3.63) is 53.3 Å². The molecule has 1 aromatic carbocycles. The number of aryl methyl sites for hydroxylation is 1. The van der Waals surface area contributed by atoms with Gasteiger partial charge in [-0.1, -0.05) is 23.9 Å². The number of pyridine rings is 1. The average Bonchev–Trinajstić information content (AvgIpc) is 2.53. The summed E-state index contributed by atoms with van der Waals surface area (Å²) in [5.74, 6) is -1.99. The number of nitrogens with zero attached hydrogens (tertiary/aromatic N) is 1. The fraction of sp³-hybridized carbons (Fsp3) is 0.353. The highest BCUT2D eigenvalue weighted by atomic mass is 32.2. The Labute approximate surface area is 139 Å². The van der Waals surface area contributed by atoms with Gasteiger partial charge in [-0.25, -0.2) is 0 Å². The van der Waals surface area contributed by atoms with Gasteiger partial charge in [0.15, 0.2) is 0 Å². The van der Waals surface area contributed by atoms with Crippen molar-refractivity contribution in [3.63, 3.8) is 0 Å². The monoisotopic (exact) mass is 338 g/mol. The van der Waals surface area contributed by atoms with E-state index in [9.17, 15) is 8.78 Å². The minimum Gasteiger partial charge on any atom is -0.496 e. The Kier molecular flexibility index (Phi) is 6.36. The predicted molar refractivity (Wildman–Crippen MR) is 89.1 cm³/mol. The maximum Gasteiger partial charge on any atom is 0.289 e. The first-order chi connectivity index (χ1) is 11.0. The molecule has 1 atom stereocenters. The number of nitrogens with one attached hydrogen (secondary N) is 1. The standard InChI is InChI=1S/C17H20F2N2OS/c1-11-5-4-8-20-14(11)10-21-12(2)13-6-7-16(23-17(18)19)15(9-13)22-3/h4-9,12,17,21H,10H2,1-3H3/t12-/m0/s1. The Bertz CT molecular complexity index is 652. The van der Waals surface area contributed by atoms with E-state index in [1.54, 1.807) is 18.3 Å². The molecular weight excluding hydrogens is 318 g/mol. The predicted octanol–water partition coefficient (Wildman–Crippen LogP) is 4.56. The topological polar surface area (TPSA) is 34.1 Å². The highest BCUT2D eigenvalue weighted by Gasteiger charge is 2.14. The van der Waals surface area contributed by atoms with Gasteiger partial charge in [-0.15, -0.1) is 0 Å². The first-order valence-corrected chi connectivity index (χ1v) is 8.16. The smallest absolute Gasteiger partial charge is 0.289 e. The summed E-state index contributed by atoms with van der Waals surface area (Å²) < 4.78 is 30.3. The molecule has 2 rings (SSSR count). The molecule has 0 aliphatic carbocycles. The van der Waals surface area contributed by atoms with Crippen molar-refractivity contribution in [3.8, 4) is 5.75 Å². The molecule has 1 heterocycles. The molecule has 0 aliphatic rings. The van der Waals surface area contributed by atoms with Gasteiger partial charge < -0.3 is 10.1 Å². The molecule has 0 unspecified atom stereocenters. The molecule has 1 N–H and O–H groups in total. The molecule has 23 heavy (non-hydrogen) atoms. The summed E-state index contributed by atoms with van der Waals surface area (Å²) in [4.78, 5) is 4.79. The molecule has 6 heteroatoms. The van der Waals surface area contributed by atoms with Gasteiger partial charge in [0.2, 0.25) is 0 Å². The summed E-state index contributed by atoms with van der Waals surface area (Å²) in [6.07, 6.45) is 1.77. The van der Waals surface area contributed by atoms with Gasteiger partial charge in [-0.05, 0) is 43.2 Å². The lowest BCUT2D eigenvalue weighted by molar-refractivity contribution is 0.251. The molecule has 124 valence electrons. The van der Waals surface area contributed by atoms with Crippen molar-refractivity contribution < 1.29 is 13.5 Å². The van der Waals surface area contributed by atoms with E-state index < -0.39 is 5.76 Å². The van der Waals surface area contributed by atoms with Crippen LogP contribution in [0.5, 0.6) is 5.75 Å². The number of hydrogen-bond acceptors (Lipinski definition) is 4. The van der Waals surface area contributed by atoms with E-state index in [1.807, 2.05) is 32.0 Å². The van der Waals surface area contributed by atoms with Gasteiger partial charge in [-0.2, -0.15) is 8.78 Å². The summed E-state index contributed by atoms with van der Waals surface area (Å²) in [7, 11) is 1.49. The Morgan fingerprint density at radius 3 is 2.74 bits per heavy atom. The molecule has 2 aromatic rings. The van der Waals surface area contributed by atoms with Crippen LogP contribution in [0, 0.1) is 6.92 Å². The average molecular weight is 338 g/mol. The molecular formula is C17H20F2N2OS. The van der Waals surface area contributed by atoms with Crippen LogP contribution in [-0.4, -0.2) is 17.9 Å². The number of benzene rings is 1. The van der Waals surface area contributed by atoms with E-state index in [-0.39, 0.29) is 6.04 Å². The van der Waals surface area contributed by atoms with E-state index in [0.29, 0.717) is 29.0 Å². The Hall–Kier alpha value is -1.66. The second-order valence-electron chi connectivity index (χ2n) is 5.16. The number of methoxy groups -OCH3 is 1. The van der Waals surface area contributed by atoms with E-state index in [4.69, 9.17) is 4.74 Å². The van der Waals surface area contributed by atoms with Crippen molar-refractivity contribution in [1.82, 2.24) is 10.3 Å². The van der Waals surface area contributed by atoms with E-state index >= 15 is 0 Å².